The van der Waals surface area contributed by atoms with Gasteiger partial charge in [0.05, 0.1) is 12.0 Å². The summed E-state index contributed by atoms with van der Waals surface area (Å²) in [5.74, 6) is 0. The maximum absolute atomic E-state index is 5.55. The first-order chi connectivity index (χ1) is 10.3. The van der Waals surface area contributed by atoms with Gasteiger partial charge in [-0.3, -0.25) is 0 Å². The Morgan fingerprint density at radius 1 is 1.33 bits per heavy atom. The summed E-state index contributed by atoms with van der Waals surface area (Å²) in [5, 5.41) is 0. The molecule has 0 bridgehead atoms. The van der Waals surface area contributed by atoms with Crippen LogP contribution < -0.4 is 5.73 Å². The van der Waals surface area contributed by atoms with E-state index in [0.717, 1.165) is 38.6 Å². The SMILES string of the molecule is C=CC1=C(/C=C\CC)n2cnc(CCCCCN)c2CC1. The molecule has 2 rings (SSSR count). The molecule has 114 valence electrons. The van der Waals surface area contributed by atoms with Gasteiger partial charge in [0.15, 0.2) is 0 Å². The van der Waals surface area contributed by atoms with Crippen LogP contribution in [0.4, 0.5) is 0 Å². The number of hydrogen-bond donors (Lipinski definition) is 1. The first kappa shape index (κ1) is 15.8. The first-order valence-corrected chi connectivity index (χ1v) is 8.09. The van der Waals surface area contributed by atoms with Crippen molar-refractivity contribution in [1.82, 2.24) is 9.55 Å². The molecule has 21 heavy (non-hydrogen) atoms. The largest absolute Gasteiger partial charge is 0.330 e. The quantitative estimate of drug-likeness (QED) is 0.737. The first-order valence-electron chi connectivity index (χ1n) is 8.09. The molecule has 0 atom stereocenters. The molecule has 0 amide bonds. The number of unbranched alkanes of at least 4 members (excludes halogenated alkanes) is 2. The number of aromatic nitrogens is 2. The number of nitrogens with zero attached hydrogens (tertiary/aromatic N) is 2. The zero-order valence-electron chi connectivity index (χ0n) is 13.1. The van der Waals surface area contributed by atoms with E-state index >= 15 is 0 Å². The highest BCUT2D eigenvalue weighted by molar-refractivity contribution is 5.66. The van der Waals surface area contributed by atoms with Gasteiger partial charge in [0.2, 0.25) is 0 Å². The summed E-state index contributed by atoms with van der Waals surface area (Å²) < 4.78 is 2.25. The number of aryl methyl sites for hydroxylation is 1. The monoisotopic (exact) mass is 285 g/mol. The van der Waals surface area contributed by atoms with Crippen molar-refractivity contribution in [2.45, 2.75) is 51.9 Å². The Balaban J connectivity index is 2.19. The number of imidazole rings is 1. The van der Waals surface area contributed by atoms with Crippen LogP contribution in [0.25, 0.3) is 5.70 Å². The number of nitrogens with two attached hydrogens (primary N) is 1. The zero-order chi connectivity index (χ0) is 15.1. The minimum Gasteiger partial charge on any atom is -0.330 e. The van der Waals surface area contributed by atoms with Gasteiger partial charge in [0.1, 0.15) is 0 Å². The second-order valence-corrected chi connectivity index (χ2v) is 5.53. The lowest BCUT2D eigenvalue weighted by Crippen LogP contribution is -2.10. The predicted octanol–water partition coefficient (Wildman–Crippen LogP) is 3.86. The molecule has 1 aromatic heterocycles. The van der Waals surface area contributed by atoms with E-state index in [1.165, 1.54) is 35.5 Å². The topological polar surface area (TPSA) is 43.8 Å². The second kappa shape index (κ2) is 7.99. The van der Waals surface area contributed by atoms with Crippen LogP contribution in [-0.4, -0.2) is 16.1 Å². The predicted molar refractivity (Wildman–Crippen MR) is 90.0 cm³/mol. The summed E-state index contributed by atoms with van der Waals surface area (Å²) in [6, 6.07) is 0. The third-order valence-corrected chi connectivity index (χ3v) is 4.05. The van der Waals surface area contributed by atoms with Gasteiger partial charge in [-0.15, -0.1) is 0 Å². The zero-order valence-corrected chi connectivity index (χ0v) is 13.1. The number of fused-ring (bicyclic) bond motifs is 1. The number of rotatable bonds is 8. The van der Waals surface area contributed by atoms with Crippen molar-refractivity contribution in [2.75, 3.05) is 6.54 Å². The maximum atomic E-state index is 5.55. The molecule has 1 aromatic rings. The summed E-state index contributed by atoms with van der Waals surface area (Å²) in [4.78, 5) is 4.65. The van der Waals surface area contributed by atoms with E-state index in [1.54, 1.807) is 0 Å². The smallest absolute Gasteiger partial charge is 0.0997 e. The van der Waals surface area contributed by atoms with Crippen molar-refractivity contribution in [3.05, 3.63) is 48.1 Å². The summed E-state index contributed by atoms with van der Waals surface area (Å²) in [7, 11) is 0. The Kier molecular flexibility index (Phi) is 6.00. The molecule has 1 aliphatic rings. The van der Waals surface area contributed by atoms with Gasteiger partial charge in [-0.25, -0.2) is 4.98 Å². The van der Waals surface area contributed by atoms with Crippen LogP contribution >= 0.6 is 0 Å². The van der Waals surface area contributed by atoms with E-state index in [9.17, 15) is 0 Å². The van der Waals surface area contributed by atoms with Crippen LogP contribution in [-0.2, 0) is 12.8 Å². The van der Waals surface area contributed by atoms with Gasteiger partial charge < -0.3 is 10.3 Å². The molecule has 2 N–H and O–H groups in total. The fourth-order valence-corrected chi connectivity index (χ4v) is 2.86. The maximum Gasteiger partial charge on any atom is 0.0997 e. The third-order valence-electron chi connectivity index (χ3n) is 4.05. The molecular weight excluding hydrogens is 258 g/mol. The minimum atomic E-state index is 0.790. The molecular formula is C18H27N3. The van der Waals surface area contributed by atoms with E-state index < -0.39 is 0 Å². The Morgan fingerprint density at radius 3 is 2.90 bits per heavy atom. The van der Waals surface area contributed by atoms with E-state index in [-0.39, 0.29) is 0 Å². The van der Waals surface area contributed by atoms with Crippen molar-refractivity contribution in [3.8, 4) is 0 Å². The van der Waals surface area contributed by atoms with Gasteiger partial charge >= 0.3 is 0 Å². The van der Waals surface area contributed by atoms with Gasteiger partial charge in [0, 0.05) is 11.4 Å². The lowest BCUT2D eigenvalue weighted by atomic mass is 9.99. The summed E-state index contributed by atoms with van der Waals surface area (Å²) in [6.07, 6.45) is 16.1. The minimum absolute atomic E-state index is 0.790. The van der Waals surface area contributed by atoms with Crippen LogP contribution in [0.2, 0.25) is 0 Å². The molecule has 0 saturated heterocycles. The van der Waals surface area contributed by atoms with Crippen molar-refractivity contribution in [2.24, 2.45) is 5.73 Å². The molecule has 1 aliphatic heterocycles. The Bertz CT molecular complexity index is 535. The molecule has 0 aromatic carbocycles. The normalized spacial score (nSPS) is 14.8. The lowest BCUT2D eigenvalue weighted by molar-refractivity contribution is 0.674. The summed E-state index contributed by atoms with van der Waals surface area (Å²) in [5.41, 5.74) is 10.8. The summed E-state index contributed by atoms with van der Waals surface area (Å²) in [6.45, 7) is 6.90. The average Bonchev–Trinajstić information content (AvgIpc) is 2.92. The van der Waals surface area contributed by atoms with E-state index in [0.29, 0.717) is 0 Å². The van der Waals surface area contributed by atoms with Gasteiger partial charge in [-0.1, -0.05) is 32.1 Å². The number of hydrogen-bond acceptors (Lipinski definition) is 2. The highest BCUT2D eigenvalue weighted by atomic mass is 15.1. The molecule has 0 saturated carbocycles. The van der Waals surface area contributed by atoms with Crippen molar-refractivity contribution >= 4 is 5.70 Å². The Labute approximate surface area is 128 Å². The van der Waals surface area contributed by atoms with Crippen LogP contribution in [0.5, 0.6) is 0 Å². The molecule has 0 radical (unpaired) electrons. The molecule has 0 fully saturated rings. The van der Waals surface area contributed by atoms with Crippen LogP contribution in [0.15, 0.2) is 36.7 Å². The number of allylic oxidation sites excluding steroid dienone is 5. The highest BCUT2D eigenvalue weighted by Gasteiger charge is 2.19. The molecule has 3 heteroatoms. The van der Waals surface area contributed by atoms with Crippen molar-refractivity contribution in [1.29, 1.82) is 0 Å². The van der Waals surface area contributed by atoms with Gasteiger partial charge in [-0.05, 0) is 56.7 Å². The van der Waals surface area contributed by atoms with Crippen LogP contribution in [0.1, 0.15) is 50.4 Å². The Hall–Kier alpha value is -1.61. The van der Waals surface area contributed by atoms with Crippen molar-refractivity contribution in [3.63, 3.8) is 0 Å². The molecule has 0 unspecified atom stereocenters. The molecule has 0 aliphatic carbocycles. The highest BCUT2D eigenvalue weighted by Crippen LogP contribution is 2.29. The van der Waals surface area contributed by atoms with E-state index in [1.807, 2.05) is 12.4 Å². The second-order valence-electron chi connectivity index (χ2n) is 5.53. The molecule has 3 nitrogen and oxygen atoms in total. The standard InChI is InChI=1S/C18H27N3/c1-3-5-10-17-15(4-2)11-12-18-16(20-14-21(17)18)9-7-6-8-13-19/h4-5,10,14H,2-3,6-9,11-13,19H2,1H3/b10-5-. The third kappa shape index (κ3) is 3.73. The van der Waals surface area contributed by atoms with Crippen LogP contribution in [0.3, 0.4) is 0 Å². The van der Waals surface area contributed by atoms with Crippen molar-refractivity contribution < 1.29 is 0 Å². The van der Waals surface area contributed by atoms with Gasteiger partial charge in [-0.2, -0.15) is 0 Å². The van der Waals surface area contributed by atoms with Crippen LogP contribution in [0, 0.1) is 0 Å². The summed E-state index contributed by atoms with van der Waals surface area (Å²) >= 11 is 0. The molecule has 0 spiro atoms. The average molecular weight is 285 g/mol. The van der Waals surface area contributed by atoms with Gasteiger partial charge in [0.25, 0.3) is 0 Å². The Morgan fingerprint density at radius 2 is 2.19 bits per heavy atom. The van der Waals surface area contributed by atoms with E-state index in [2.05, 4.69) is 35.2 Å². The lowest BCUT2D eigenvalue weighted by Gasteiger charge is -2.20. The molecule has 2 heterocycles. The fraction of sp³-hybridized carbons (Fsp3) is 0.500. The fourth-order valence-electron chi connectivity index (χ4n) is 2.86. The van der Waals surface area contributed by atoms with E-state index in [4.69, 9.17) is 5.73 Å².